The Morgan fingerprint density at radius 3 is 2.69 bits per heavy atom. The van der Waals surface area contributed by atoms with Gasteiger partial charge in [0, 0.05) is 34.6 Å². The van der Waals surface area contributed by atoms with E-state index in [9.17, 15) is 9.59 Å². The van der Waals surface area contributed by atoms with Crippen LogP contribution < -0.4 is 10.9 Å². The van der Waals surface area contributed by atoms with Gasteiger partial charge in [0.1, 0.15) is 0 Å². The molecule has 0 aliphatic heterocycles. The monoisotopic (exact) mass is 387 g/mol. The van der Waals surface area contributed by atoms with Crippen molar-refractivity contribution in [1.29, 1.82) is 0 Å². The summed E-state index contributed by atoms with van der Waals surface area (Å²) in [5, 5.41) is 9.88. The number of rotatable bonds is 7. The van der Waals surface area contributed by atoms with E-state index in [4.69, 9.17) is 11.6 Å². The molecule has 1 amide bonds. The fraction of sp³-hybridized carbons (Fsp3) is 0.211. The third kappa shape index (κ3) is 5.03. The predicted octanol–water partition coefficient (Wildman–Crippen LogP) is 3.37. The van der Waals surface area contributed by atoms with Crippen molar-refractivity contribution in [2.24, 2.45) is 0 Å². The molecule has 0 atom stereocenters. The summed E-state index contributed by atoms with van der Waals surface area (Å²) in [5.74, 6) is -0.0114. The molecule has 2 heterocycles. The van der Waals surface area contributed by atoms with Gasteiger partial charge in [-0.15, -0.1) is 11.3 Å². The van der Waals surface area contributed by atoms with Crippen molar-refractivity contribution in [3.63, 3.8) is 0 Å². The Hall–Kier alpha value is -2.44. The van der Waals surface area contributed by atoms with E-state index in [1.54, 1.807) is 29.5 Å². The van der Waals surface area contributed by atoms with Crippen LogP contribution in [0.4, 0.5) is 0 Å². The van der Waals surface area contributed by atoms with Crippen molar-refractivity contribution in [3.05, 3.63) is 74.2 Å². The zero-order chi connectivity index (χ0) is 18.4. The molecule has 1 N–H and O–H groups in total. The number of halogens is 1. The van der Waals surface area contributed by atoms with E-state index < -0.39 is 0 Å². The summed E-state index contributed by atoms with van der Waals surface area (Å²) >= 11 is 7.47. The normalized spacial score (nSPS) is 10.7. The molecular formula is C19H18ClN3O2S. The first kappa shape index (κ1) is 18.4. The van der Waals surface area contributed by atoms with Crippen LogP contribution in [0.15, 0.2) is 58.7 Å². The van der Waals surface area contributed by atoms with E-state index in [1.165, 1.54) is 10.7 Å². The van der Waals surface area contributed by atoms with Crippen molar-refractivity contribution in [3.8, 4) is 11.3 Å². The number of benzene rings is 1. The molecule has 0 saturated heterocycles. The van der Waals surface area contributed by atoms with Crippen LogP contribution in [0.25, 0.3) is 11.3 Å². The zero-order valence-electron chi connectivity index (χ0n) is 14.0. The van der Waals surface area contributed by atoms with Crippen LogP contribution in [-0.2, 0) is 17.8 Å². The third-order valence-corrected chi connectivity index (χ3v) is 4.92. The maximum absolute atomic E-state index is 12.0. The predicted molar refractivity (Wildman–Crippen MR) is 105 cm³/mol. The Kier molecular flexibility index (Phi) is 6.20. The lowest BCUT2D eigenvalue weighted by atomic mass is 10.1. The van der Waals surface area contributed by atoms with E-state index in [2.05, 4.69) is 10.4 Å². The largest absolute Gasteiger partial charge is 0.356 e. The third-order valence-electron chi connectivity index (χ3n) is 3.79. The van der Waals surface area contributed by atoms with Gasteiger partial charge in [0.05, 0.1) is 12.1 Å². The molecule has 3 rings (SSSR count). The molecule has 2 aromatic heterocycles. The van der Waals surface area contributed by atoms with Crippen molar-refractivity contribution in [2.45, 2.75) is 19.4 Å². The molecule has 0 spiro atoms. The minimum atomic E-state index is -0.160. The summed E-state index contributed by atoms with van der Waals surface area (Å²) < 4.78 is 1.43. The molecule has 0 unspecified atom stereocenters. The molecule has 0 aliphatic rings. The molecule has 0 aliphatic carbocycles. The standard InChI is InChI=1S/C19H18ClN3O2S/c20-15-6-4-14(5-7-15)17-8-9-19(25)23(22-17)11-2-10-21-18(24)13-16-3-1-12-26-16/h1,3-9,12H,2,10-11,13H2,(H,21,24). The molecule has 26 heavy (non-hydrogen) atoms. The molecule has 0 radical (unpaired) electrons. The smallest absolute Gasteiger partial charge is 0.266 e. The average Bonchev–Trinajstić information content (AvgIpc) is 3.14. The van der Waals surface area contributed by atoms with E-state index in [-0.39, 0.29) is 11.5 Å². The Morgan fingerprint density at radius 2 is 1.96 bits per heavy atom. The van der Waals surface area contributed by atoms with Crippen molar-refractivity contribution >= 4 is 28.8 Å². The maximum Gasteiger partial charge on any atom is 0.266 e. The number of nitrogens with one attached hydrogen (secondary N) is 1. The minimum absolute atomic E-state index is 0.0114. The van der Waals surface area contributed by atoms with Crippen LogP contribution in [-0.4, -0.2) is 22.2 Å². The number of hydrogen-bond donors (Lipinski definition) is 1. The molecule has 0 bridgehead atoms. The van der Waals surface area contributed by atoms with Crippen LogP contribution in [0.1, 0.15) is 11.3 Å². The molecule has 134 valence electrons. The van der Waals surface area contributed by atoms with Crippen molar-refractivity contribution in [1.82, 2.24) is 15.1 Å². The van der Waals surface area contributed by atoms with Crippen molar-refractivity contribution < 1.29 is 4.79 Å². The number of hydrogen-bond acceptors (Lipinski definition) is 4. The summed E-state index contributed by atoms with van der Waals surface area (Å²) in [5.41, 5.74) is 1.45. The van der Waals surface area contributed by atoms with E-state index in [0.717, 1.165) is 10.4 Å². The van der Waals surface area contributed by atoms with Gasteiger partial charge in [-0.05, 0) is 36.1 Å². The van der Waals surface area contributed by atoms with Crippen LogP contribution in [0.3, 0.4) is 0 Å². The number of aromatic nitrogens is 2. The lowest BCUT2D eigenvalue weighted by Gasteiger charge is -2.08. The second kappa shape index (κ2) is 8.78. The number of carbonyl (C=O) groups is 1. The van der Waals surface area contributed by atoms with E-state index in [0.29, 0.717) is 36.6 Å². The summed E-state index contributed by atoms with van der Waals surface area (Å²) in [6, 6.07) is 14.4. The Morgan fingerprint density at radius 1 is 1.15 bits per heavy atom. The molecule has 5 nitrogen and oxygen atoms in total. The Labute approximate surface area is 160 Å². The lowest BCUT2D eigenvalue weighted by molar-refractivity contribution is -0.120. The highest BCUT2D eigenvalue weighted by atomic mass is 35.5. The number of carbonyl (C=O) groups excluding carboxylic acids is 1. The Bertz CT molecular complexity index is 921. The van der Waals surface area contributed by atoms with E-state index >= 15 is 0 Å². The highest BCUT2D eigenvalue weighted by molar-refractivity contribution is 7.10. The molecular weight excluding hydrogens is 370 g/mol. The zero-order valence-corrected chi connectivity index (χ0v) is 15.6. The number of amides is 1. The highest BCUT2D eigenvalue weighted by Gasteiger charge is 2.06. The molecule has 0 fully saturated rings. The van der Waals surface area contributed by atoms with Gasteiger partial charge >= 0.3 is 0 Å². The molecule has 7 heteroatoms. The molecule has 0 saturated carbocycles. The highest BCUT2D eigenvalue weighted by Crippen LogP contribution is 2.18. The summed E-state index contributed by atoms with van der Waals surface area (Å²) in [7, 11) is 0. The van der Waals surface area contributed by atoms with Crippen LogP contribution in [0.5, 0.6) is 0 Å². The van der Waals surface area contributed by atoms with Crippen molar-refractivity contribution in [2.75, 3.05) is 6.54 Å². The summed E-state index contributed by atoms with van der Waals surface area (Å²) in [4.78, 5) is 24.9. The van der Waals surface area contributed by atoms with Gasteiger partial charge in [0.2, 0.25) is 5.91 Å². The van der Waals surface area contributed by atoms with E-state index in [1.807, 2.05) is 29.6 Å². The second-order valence-corrected chi connectivity index (χ2v) is 7.22. The number of nitrogens with zero attached hydrogens (tertiary/aromatic N) is 2. The lowest BCUT2D eigenvalue weighted by Crippen LogP contribution is -2.28. The summed E-state index contributed by atoms with van der Waals surface area (Å²) in [6.07, 6.45) is 1.02. The number of thiophene rings is 1. The molecule has 1 aromatic carbocycles. The van der Waals surface area contributed by atoms with Crippen LogP contribution in [0.2, 0.25) is 5.02 Å². The van der Waals surface area contributed by atoms with Gasteiger partial charge in [-0.3, -0.25) is 9.59 Å². The first-order valence-corrected chi connectivity index (χ1v) is 9.51. The van der Waals surface area contributed by atoms with Gasteiger partial charge in [-0.1, -0.05) is 29.8 Å². The fourth-order valence-corrected chi connectivity index (χ4v) is 3.30. The fourth-order valence-electron chi connectivity index (χ4n) is 2.47. The first-order valence-electron chi connectivity index (χ1n) is 8.25. The average molecular weight is 388 g/mol. The van der Waals surface area contributed by atoms with Gasteiger partial charge < -0.3 is 5.32 Å². The minimum Gasteiger partial charge on any atom is -0.356 e. The topological polar surface area (TPSA) is 64.0 Å². The Balaban J connectivity index is 1.54. The van der Waals surface area contributed by atoms with Gasteiger partial charge in [-0.25, -0.2) is 4.68 Å². The quantitative estimate of drug-likeness (QED) is 0.632. The first-order chi connectivity index (χ1) is 12.6. The van der Waals surface area contributed by atoms with Crippen LogP contribution in [0, 0.1) is 0 Å². The van der Waals surface area contributed by atoms with Crippen LogP contribution >= 0.6 is 22.9 Å². The second-order valence-electron chi connectivity index (χ2n) is 5.75. The number of aryl methyl sites for hydroxylation is 1. The SMILES string of the molecule is O=C(Cc1cccs1)NCCCn1nc(-c2ccc(Cl)cc2)ccc1=O. The maximum atomic E-state index is 12.0. The summed E-state index contributed by atoms with van der Waals surface area (Å²) in [6.45, 7) is 0.947. The van der Waals surface area contributed by atoms with Gasteiger partial charge in [0.25, 0.3) is 5.56 Å². The molecule has 3 aromatic rings. The van der Waals surface area contributed by atoms with Gasteiger partial charge in [-0.2, -0.15) is 5.10 Å². The van der Waals surface area contributed by atoms with Gasteiger partial charge in [0.15, 0.2) is 0 Å².